The number of carbonyl (C=O) groups is 1. The fourth-order valence-corrected chi connectivity index (χ4v) is 2.99. The summed E-state index contributed by atoms with van der Waals surface area (Å²) in [5.41, 5.74) is 1.63. The Kier molecular flexibility index (Phi) is 3.21. The zero-order valence-corrected chi connectivity index (χ0v) is 13.5. The van der Waals surface area contributed by atoms with Gasteiger partial charge in [0.2, 0.25) is 0 Å². The molecule has 4 heterocycles. The van der Waals surface area contributed by atoms with E-state index in [4.69, 9.17) is 27.6 Å². The number of nitrogens with zero attached hydrogens (tertiary/aromatic N) is 5. The minimum absolute atomic E-state index is 0.225. The zero-order chi connectivity index (χ0) is 16.1. The van der Waals surface area contributed by atoms with Crippen LogP contribution in [-0.2, 0) is 6.42 Å². The normalized spacial score (nSPS) is 14.4. The molecule has 0 unspecified atom stereocenters. The standard InChI is InChI=1S/C14H11Cl2N5O2/c1-19-10-5-12(16)23-11(10)2-3-21(19)14(22)9-4-13-17-6-8(15)7-20(13)18-9/h4-7H,2-3H2,1H3. The number of hydrogen-bond donors (Lipinski definition) is 0. The summed E-state index contributed by atoms with van der Waals surface area (Å²) in [5.74, 6) is 0.544. The summed E-state index contributed by atoms with van der Waals surface area (Å²) in [6.45, 7) is 0.480. The largest absolute Gasteiger partial charge is 0.447 e. The van der Waals surface area contributed by atoms with E-state index in [0.29, 0.717) is 34.5 Å². The minimum atomic E-state index is -0.225. The van der Waals surface area contributed by atoms with Crippen molar-refractivity contribution >= 4 is 40.4 Å². The highest BCUT2D eigenvalue weighted by molar-refractivity contribution is 6.30. The van der Waals surface area contributed by atoms with Crippen molar-refractivity contribution in [3.63, 3.8) is 0 Å². The van der Waals surface area contributed by atoms with E-state index in [0.717, 1.165) is 11.4 Å². The van der Waals surface area contributed by atoms with Crippen molar-refractivity contribution in [1.29, 1.82) is 0 Å². The molecule has 0 fully saturated rings. The Hall–Kier alpha value is -2.25. The van der Waals surface area contributed by atoms with Crippen LogP contribution in [-0.4, -0.2) is 39.1 Å². The van der Waals surface area contributed by atoms with Gasteiger partial charge < -0.3 is 4.42 Å². The first-order valence-corrected chi connectivity index (χ1v) is 7.63. The molecule has 118 valence electrons. The lowest BCUT2D eigenvalue weighted by molar-refractivity contribution is 0.0728. The van der Waals surface area contributed by atoms with Crippen LogP contribution in [0.2, 0.25) is 10.2 Å². The Morgan fingerprint density at radius 2 is 2.17 bits per heavy atom. The molecular weight excluding hydrogens is 341 g/mol. The monoisotopic (exact) mass is 351 g/mol. The molecule has 0 aromatic carbocycles. The number of amides is 1. The van der Waals surface area contributed by atoms with Crippen LogP contribution in [0, 0.1) is 0 Å². The molecule has 0 N–H and O–H groups in total. The van der Waals surface area contributed by atoms with Crippen LogP contribution in [0.1, 0.15) is 16.2 Å². The first-order valence-electron chi connectivity index (χ1n) is 6.87. The van der Waals surface area contributed by atoms with E-state index in [9.17, 15) is 4.79 Å². The van der Waals surface area contributed by atoms with Gasteiger partial charge in [-0.3, -0.25) is 9.80 Å². The number of carbonyl (C=O) groups excluding carboxylic acids is 1. The van der Waals surface area contributed by atoms with Crippen LogP contribution >= 0.6 is 23.2 Å². The number of furan rings is 1. The van der Waals surface area contributed by atoms with Crippen LogP contribution in [0.5, 0.6) is 0 Å². The number of rotatable bonds is 1. The highest BCUT2D eigenvalue weighted by Gasteiger charge is 2.30. The molecule has 9 heteroatoms. The predicted octanol–water partition coefficient (Wildman–Crippen LogP) is 2.68. The number of fused-ring (bicyclic) bond motifs is 2. The molecule has 0 aliphatic carbocycles. The molecule has 4 rings (SSSR count). The molecule has 23 heavy (non-hydrogen) atoms. The highest BCUT2D eigenvalue weighted by Crippen LogP contribution is 2.32. The van der Waals surface area contributed by atoms with Gasteiger partial charge in [-0.1, -0.05) is 11.6 Å². The third kappa shape index (κ3) is 2.32. The van der Waals surface area contributed by atoms with Gasteiger partial charge in [0.05, 0.1) is 17.8 Å². The van der Waals surface area contributed by atoms with Gasteiger partial charge in [-0.05, 0) is 11.6 Å². The van der Waals surface area contributed by atoms with Crippen molar-refractivity contribution in [2.24, 2.45) is 0 Å². The molecular formula is C14H11Cl2N5O2. The molecule has 0 bridgehead atoms. The average Bonchev–Trinajstić information content (AvgIpc) is 3.09. The van der Waals surface area contributed by atoms with Crippen molar-refractivity contribution in [3.05, 3.63) is 46.2 Å². The Morgan fingerprint density at radius 1 is 1.35 bits per heavy atom. The molecule has 3 aromatic rings. The lowest BCUT2D eigenvalue weighted by Gasteiger charge is -2.35. The van der Waals surface area contributed by atoms with E-state index in [1.54, 1.807) is 35.4 Å². The molecule has 3 aromatic heterocycles. The molecule has 0 atom stereocenters. The van der Waals surface area contributed by atoms with Gasteiger partial charge in [0, 0.05) is 31.8 Å². The third-order valence-electron chi connectivity index (χ3n) is 3.75. The summed E-state index contributed by atoms with van der Waals surface area (Å²) < 4.78 is 6.90. The van der Waals surface area contributed by atoms with E-state index in [1.165, 1.54) is 10.7 Å². The summed E-state index contributed by atoms with van der Waals surface area (Å²) in [7, 11) is 1.78. The van der Waals surface area contributed by atoms with Gasteiger partial charge in [-0.25, -0.2) is 14.5 Å². The molecule has 0 spiro atoms. The summed E-state index contributed by atoms with van der Waals surface area (Å²) in [6, 6.07) is 3.33. The zero-order valence-electron chi connectivity index (χ0n) is 12.0. The quantitative estimate of drug-likeness (QED) is 0.674. The van der Waals surface area contributed by atoms with Crippen molar-refractivity contribution in [2.45, 2.75) is 6.42 Å². The Balaban J connectivity index is 1.68. The van der Waals surface area contributed by atoms with Gasteiger partial charge in [-0.2, -0.15) is 5.10 Å². The van der Waals surface area contributed by atoms with Gasteiger partial charge in [0.15, 0.2) is 16.6 Å². The fraction of sp³-hybridized carbons (Fsp3) is 0.214. The SMILES string of the molecule is CN1c2cc(Cl)oc2CCN1C(=O)c1cc2ncc(Cl)cn2n1. The van der Waals surface area contributed by atoms with Crippen LogP contribution in [0.4, 0.5) is 5.69 Å². The fourth-order valence-electron chi connectivity index (χ4n) is 2.66. The number of halogens is 2. The Labute approximate surface area is 141 Å². The second kappa shape index (κ2) is 5.14. The van der Waals surface area contributed by atoms with Crippen molar-refractivity contribution in [1.82, 2.24) is 19.6 Å². The Bertz CT molecular complexity index is 919. The van der Waals surface area contributed by atoms with E-state index in [-0.39, 0.29) is 5.91 Å². The van der Waals surface area contributed by atoms with Crippen molar-refractivity contribution in [3.8, 4) is 0 Å². The van der Waals surface area contributed by atoms with E-state index in [1.807, 2.05) is 0 Å². The van der Waals surface area contributed by atoms with Crippen molar-refractivity contribution in [2.75, 3.05) is 18.6 Å². The van der Waals surface area contributed by atoms with Gasteiger partial charge in [0.1, 0.15) is 11.4 Å². The number of aromatic nitrogens is 3. The highest BCUT2D eigenvalue weighted by atomic mass is 35.5. The van der Waals surface area contributed by atoms with Gasteiger partial charge in [0.25, 0.3) is 5.91 Å². The van der Waals surface area contributed by atoms with Crippen LogP contribution in [0.25, 0.3) is 5.65 Å². The Morgan fingerprint density at radius 3 is 3.00 bits per heavy atom. The van der Waals surface area contributed by atoms with Crippen LogP contribution < -0.4 is 5.01 Å². The molecule has 1 amide bonds. The van der Waals surface area contributed by atoms with E-state index >= 15 is 0 Å². The topological polar surface area (TPSA) is 66.9 Å². The second-order valence-corrected chi connectivity index (χ2v) is 5.97. The molecule has 1 aliphatic rings. The number of hydrazine groups is 1. The summed E-state index contributed by atoms with van der Waals surface area (Å²) in [4.78, 5) is 16.9. The maximum absolute atomic E-state index is 12.8. The summed E-state index contributed by atoms with van der Waals surface area (Å²) in [5, 5.41) is 8.32. The third-order valence-corrected chi connectivity index (χ3v) is 4.13. The average molecular weight is 352 g/mol. The van der Waals surface area contributed by atoms with Crippen molar-refractivity contribution < 1.29 is 9.21 Å². The molecule has 1 aliphatic heterocycles. The van der Waals surface area contributed by atoms with Crippen LogP contribution in [0.3, 0.4) is 0 Å². The van der Waals surface area contributed by atoms with Gasteiger partial charge in [-0.15, -0.1) is 0 Å². The first-order chi connectivity index (χ1) is 11.0. The molecule has 7 nitrogen and oxygen atoms in total. The summed E-state index contributed by atoms with van der Waals surface area (Å²) in [6.07, 6.45) is 3.71. The minimum Gasteiger partial charge on any atom is -0.447 e. The van der Waals surface area contributed by atoms with E-state index in [2.05, 4.69) is 10.1 Å². The first kappa shape index (κ1) is 14.3. The molecule has 0 radical (unpaired) electrons. The van der Waals surface area contributed by atoms with Crippen LogP contribution in [0.15, 0.2) is 28.9 Å². The lowest BCUT2D eigenvalue weighted by atomic mass is 10.2. The number of hydrogen-bond acceptors (Lipinski definition) is 5. The summed E-state index contributed by atoms with van der Waals surface area (Å²) >= 11 is 11.8. The molecule has 0 saturated heterocycles. The maximum Gasteiger partial charge on any atom is 0.292 e. The van der Waals surface area contributed by atoms with E-state index < -0.39 is 0 Å². The lowest BCUT2D eigenvalue weighted by Crippen LogP contribution is -2.48. The molecule has 0 saturated carbocycles. The predicted molar refractivity (Wildman–Crippen MR) is 84.9 cm³/mol. The number of anilines is 1. The maximum atomic E-state index is 12.8. The second-order valence-electron chi connectivity index (χ2n) is 5.17. The smallest absolute Gasteiger partial charge is 0.292 e. The van der Waals surface area contributed by atoms with Gasteiger partial charge >= 0.3 is 0 Å².